The molecule has 2 saturated heterocycles. The number of amides is 2. The van der Waals surface area contributed by atoms with Crippen LogP contribution in [0.4, 0.5) is 11.5 Å². The second-order valence-electron chi connectivity index (χ2n) is 7.54. The number of aromatic nitrogens is 1. The van der Waals surface area contributed by atoms with Crippen LogP contribution in [0, 0.1) is 11.8 Å². The molecule has 0 spiro atoms. The zero-order chi connectivity index (χ0) is 17.8. The van der Waals surface area contributed by atoms with Gasteiger partial charge in [0.2, 0.25) is 11.8 Å². The maximum Gasteiger partial charge on any atom is 0.229 e. The van der Waals surface area contributed by atoms with Crippen LogP contribution in [0.2, 0.25) is 0 Å². The van der Waals surface area contributed by atoms with Crippen molar-refractivity contribution in [2.75, 3.05) is 36.4 Å². The van der Waals surface area contributed by atoms with Crippen molar-refractivity contribution in [3.05, 3.63) is 18.3 Å². The first-order chi connectivity index (χ1) is 12.0. The van der Waals surface area contributed by atoms with Gasteiger partial charge in [0, 0.05) is 32.6 Å². The molecular weight excluding hydrogens is 316 g/mol. The van der Waals surface area contributed by atoms with E-state index in [0.717, 1.165) is 18.9 Å². The van der Waals surface area contributed by atoms with Gasteiger partial charge >= 0.3 is 0 Å². The van der Waals surface area contributed by atoms with Crippen molar-refractivity contribution in [2.24, 2.45) is 11.8 Å². The summed E-state index contributed by atoms with van der Waals surface area (Å²) >= 11 is 0. The monoisotopic (exact) mass is 344 g/mol. The number of rotatable bonds is 5. The number of nitrogens with zero attached hydrogens (tertiary/aromatic N) is 3. The number of carbonyl (C=O) groups excluding carboxylic acids is 2. The van der Waals surface area contributed by atoms with Crippen LogP contribution in [0.1, 0.15) is 39.5 Å². The van der Waals surface area contributed by atoms with Crippen molar-refractivity contribution in [1.82, 2.24) is 9.88 Å². The lowest BCUT2D eigenvalue weighted by molar-refractivity contribution is -0.128. The molecule has 2 amide bonds. The van der Waals surface area contributed by atoms with Crippen molar-refractivity contribution in [1.29, 1.82) is 0 Å². The highest BCUT2D eigenvalue weighted by molar-refractivity contribution is 5.97. The maximum atomic E-state index is 12.5. The maximum absolute atomic E-state index is 12.5. The van der Waals surface area contributed by atoms with Gasteiger partial charge in [-0.05, 0) is 37.3 Å². The minimum absolute atomic E-state index is 0.0763. The van der Waals surface area contributed by atoms with Crippen molar-refractivity contribution in [3.8, 4) is 0 Å². The van der Waals surface area contributed by atoms with Crippen LogP contribution in [0.3, 0.4) is 0 Å². The fourth-order valence-corrected chi connectivity index (χ4v) is 3.58. The van der Waals surface area contributed by atoms with Crippen LogP contribution in [0.25, 0.3) is 0 Å². The molecule has 0 radical (unpaired) electrons. The third kappa shape index (κ3) is 4.50. The number of anilines is 2. The molecule has 0 aliphatic carbocycles. The van der Waals surface area contributed by atoms with Crippen LogP contribution in [0.15, 0.2) is 18.3 Å². The fraction of sp³-hybridized carbons (Fsp3) is 0.632. The SMILES string of the molecule is CC(C)CN1CC(C(=O)Nc2ccc(N3CCCCC3)nc2)CC1=O. The molecule has 136 valence electrons. The molecule has 1 atom stereocenters. The van der Waals surface area contributed by atoms with Crippen molar-refractivity contribution in [3.63, 3.8) is 0 Å². The largest absolute Gasteiger partial charge is 0.357 e. The highest BCUT2D eigenvalue weighted by atomic mass is 16.2. The van der Waals surface area contributed by atoms with Crippen LogP contribution in [-0.4, -0.2) is 47.9 Å². The van der Waals surface area contributed by atoms with E-state index in [1.165, 1.54) is 19.3 Å². The molecule has 1 aromatic heterocycles. The molecule has 0 aromatic carbocycles. The van der Waals surface area contributed by atoms with E-state index < -0.39 is 0 Å². The lowest BCUT2D eigenvalue weighted by atomic mass is 10.1. The molecule has 2 aliphatic heterocycles. The second kappa shape index (κ2) is 7.85. The Bertz CT molecular complexity index is 608. The highest BCUT2D eigenvalue weighted by Gasteiger charge is 2.34. The van der Waals surface area contributed by atoms with Crippen molar-refractivity contribution in [2.45, 2.75) is 39.5 Å². The molecule has 6 heteroatoms. The Morgan fingerprint density at radius 3 is 2.68 bits per heavy atom. The van der Waals surface area contributed by atoms with E-state index in [-0.39, 0.29) is 17.7 Å². The average Bonchev–Trinajstić information content (AvgIpc) is 2.96. The predicted octanol–water partition coefficient (Wildman–Crippen LogP) is 2.51. The van der Waals surface area contributed by atoms with Gasteiger partial charge in [-0.2, -0.15) is 0 Å². The first-order valence-corrected chi connectivity index (χ1v) is 9.32. The summed E-state index contributed by atoms with van der Waals surface area (Å²) in [4.78, 5) is 33.0. The Labute approximate surface area is 149 Å². The Morgan fingerprint density at radius 1 is 1.28 bits per heavy atom. The summed E-state index contributed by atoms with van der Waals surface area (Å²) in [6, 6.07) is 3.86. The van der Waals surface area contributed by atoms with Gasteiger partial charge < -0.3 is 15.1 Å². The molecule has 6 nitrogen and oxygen atoms in total. The van der Waals surface area contributed by atoms with Crippen molar-refractivity contribution >= 4 is 23.3 Å². The summed E-state index contributed by atoms with van der Waals surface area (Å²) in [5.74, 6) is 1.10. The van der Waals surface area contributed by atoms with Gasteiger partial charge in [0.15, 0.2) is 0 Å². The van der Waals surface area contributed by atoms with Crippen LogP contribution in [0.5, 0.6) is 0 Å². The topological polar surface area (TPSA) is 65.5 Å². The lowest BCUT2D eigenvalue weighted by Gasteiger charge is -2.27. The molecule has 3 heterocycles. The normalized spacial score (nSPS) is 21.1. The Kier molecular flexibility index (Phi) is 5.56. The van der Waals surface area contributed by atoms with E-state index >= 15 is 0 Å². The van der Waals surface area contributed by atoms with E-state index in [0.29, 0.717) is 31.1 Å². The molecular formula is C19H28N4O2. The zero-order valence-electron chi connectivity index (χ0n) is 15.2. The Morgan fingerprint density at radius 2 is 2.04 bits per heavy atom. The third-order valence-corrected chi connectivity index (χ3v) is 4.87. The Hall–Kier alpha value is -2.11. The first kappa shape index (κ1) is 17.7. The number of hydrogen-bond donors (Lipinski definition) is 1. The first-order valence-electron chi connectivity index (χ1n) is 9.32. The van der Waals surface area contributed by atoms with E-state index in [1.807, 2.05) is 12.1 Å². The molecule has 3 rings (SSSR count). The van der Waals surface area contributed by atoms with Gasteiger partial charge in [0.05, 0.1) is 17.8 Å². The second-order valence-corrected chi connectivity index (χ2v) is 7.54. The zero-order valence-corrected chi connectivity index (χ0v) is 15.2. The summed E-state index contributed by atoms with van der Waals surface area (Å²) in [7, 11) is 0. The summed E-state index contributed by atoms with van der Waals surface area (Å²) in [6.07, 6.45) is 5.73. The summed E-state index contributed by atoms with van der Waals surface area (Å²) in [5.41, 5.74) is 0.695. The van der Waals surface area contributed by atoms with Gasteiger partial charge in [-0.1, -0.05) is 13.8 Å². The van der Waals surface area contributed by atoms with Gasteiger partial charge in [-0.15, -0.1) is 0 Å². The summed E-state index contributed by atoms with van der Waals surface area (Å²) in [5, 5.41) is 2.91. The summed E-state index contributed by atoms with van der Waals surface area (Å²) < 4.78 is 0. The lowest BCUT2D eigenvalue weighted by Crippen LogP contribution is -2.31. The highest BCUT2D eigenvalue weighted by Crippen LogP contribution is 2.22. The number of likely N-dealkylation sites (tertiary alicyclic amines) is 1. The third-order valence-electron chi connectivity index (χ3n) is 4.87. The minimum Gasteiger partial charge on any atom is -0.357 e. The Balaban J connectivity index is 1.55. The summed E-state index contributed by atoms with van der Waals surface area (Å²) in [6.45, 7) is 7.49. The van der Waals surface area contributed by atoms with E-state index in [9.17, 15) is 9.59 Å². The van der Waals surface area contributed by atoms with Crippen molar-refractivity contribution < 1.29 is 9.59 Å². The molecule has 25 heavy (non-hydrogen) atoms. The van der Waals surface area contributed by atoms with Gasteiger partial charge in [-0.25, -0.2) is 4.98 Å². The minimum atomic E-state index is -0.270. The number of pyridine rings is 1. The average molecular weight is 344 g/mol. The number of hydrogen-bond acceptors (Lipinski definition) is 4. The van der Waals surface area contributed by atoms with E-state index in [2.05, 4.69) is 29.0 Å². The quantitative estimate of drug-likeness (QED) is 0.891. The van der Waals surface area contributed by atoms with Gasteiger partial charge in [0.1, 0.15) is 5.82 Å². The number of nitrogens with one attached hydrogen (secondary N) is 1. The molecule has 2 aliphatic rings. The van der Waals surface area contributed by atoms with E-state index in [4.69, 9.17) is 0 Å². The van der Waals surface area contributed by atoms with Crippen LogP contribution >= 0.6 is 0 Å². The van der Waals surface area contributed by atoms with Crippen LogP contribution in [-0.2, 0) is 9.59 Å². The van der Waals surface area contributed by atoms with E-state index in [1.54, 1.807) is 11.1 Å². The number of piperidine rings is 1. The smallest absolute Gasteiger partial charge is 0.229 e. The predicted molar refractivity (Wildman–Crippen MR) is 98.5 cm³/mol. The van der Waals surface area contributed by atoms with Gasteiger partial charge in [0.25, 0.3) is 0 Å². The standard InChI is InChI=1S/C19H28N4O2/c1-14(2)12-23-13-15(10-18(23)24)19(25)21-16-6-7-17(20-11-16)22-8-4-3-5-9-22/h6-7,11,14-15H,3-5,8-10,12-13H2,1-2H3,(H,21,25). The molecule has 1 unspecified atom stereocenters. The molecule has 1 aromatic rings. The number of carbonyl (C=O) groups is 2. The van der Waals surface area contributed by atoms with Gasteiger partial charge in [-0.3, -0.25) is 9.59 Å². The van der Waals surface area contributed by atoms with Crippen LogP contribution < -0.4 is 10.2 Å². The molecule has 1 N–H and O–H groups in total. The molecule has 2 fully saturated rings. The fourth-order valence-electron chi connectivity index (χ4n) is 3.58. The molecule has 0 saturated carbocycles. The molecule has 0 bridgehead atoms.